The molecule has 0 atom stereocenters. The molecule has 0 fully saturated rings. The van der Waals surface area contributed by atoms with Crippen LogP contribution in [0.15, 0.2) is 90.3 Å². The van der Waals surface area contributed by atoms with Gasteiger partial charge in [0, 0.05) is 22.6 Å². The van der Waals surface area contributed by atoms with E-state index in [1.807, 2.05) is 75.5 Å². The van der Waals surface area contributed by atoms with Crippen LogP contribution in [0.1, 0.15) is 30.5 Å². The lowest BCUT2D eigenvalue weighted by molar-refractivity contribution is 0.736. The lowest BCUT2D eigenvalue weighted by atomic mass is 10.1. The zero-order valence-corrected chi connectivity index (χ0v) is 18.6. The summed E-state index contributed by atoms with van der Waals surface area (Å²) in [6.07, 6.45) is 1.83. The van der Waals surface area contributed by atoms with E-state index in [0.29, 0.717) is 6.54 Å². The molecule has 0 aliphatic carbocycles. The largest absolute Gasteiger partial charge is 0.340 e. The molecule has 0 unspecified atom stereocenters. The highest BCUT2D eigenvalue weighted by Crippen LogP contribution is 2.24. The van der Waals surface area contributed by atoms with Crippen LogP contribution in [0.3, 0.4) is 0 Å². The lowest BCUT2D eigenvalue weighted by Crippen LogP contribution is -2.02. The fraction of sp³-hybridized carbons (Fsp3) is 0.192. The van der Waals surface area contributed by atoms with Gasteiger partial charge < -0.3 is 5.32 Å². The summed E-state index contributed by atoms with van der Waals surface area (Å²) in [6, 6.07) is 26.5. The van der Waals surface area contributed by atoms with Crippen molar-refractivity contribution in [3.05, 3.63) is 107 Å². The highest BCUT2D eigenvalue weighted by molar-refractivity contribution is 5.93. The quantitative estimate of drug-likeness (QED) is 0.270. The molecule has 0 aliphatic heterocycles. The highest BCUT2D eigenvalue weighted by Gasteiger charge is 2.01. The van der Waals surface area contributed by atoms with Gasteiger partial charge in [-0.3, -0.25) is 5.43 Å². The number of benzene rings is 3. The number of anilines is 2. The maximum absolute atomic E-state index is 9.68. The van der Waals surface area contributed by atoms with Gasteiger partial charge in [-0.2, -0.15) is 0 Å². The minimum absolute atomic E-state index is 0.504. The van der Waals surface area contributed by atoms with Gasteiger partial charge in [-0.15, -0.1) is 4.91 Å². The fourth-order valence-electron chi connectivity index (χ4n) is 2.91. The molecular weight excluding hydrogens is 384 g/mol. The fourth-order valence-corrected chi connectivity index (χ4v) is 2.91. The van der Waals surface area contributed by atoms with Gasteiger partial charge in [-0.25, -0.2) is 4.98 Å². The minimum atomic E-state index is 0.504. The summed E-state index contributed by atoms with van der Waals surface area (Å²) in [4.78, 5) is 14.1. The van der Waals surface area contributed by atoms with Crippen molar-refractivity contribution in [2.24, 2.45) is 5.29 Å². The standard InChI is InChI=1S/C16H14N2.C8H10N2O.C2H6/c1-12-5-4-7-14(11-12)18-16-15-8-3-2-6-13(15)9-10-17-16;1-7-2-4-8(5-3-7)6-9-10-11;1-2/h2-11H,1H3,(H,17,18);2-5H,6H2,1H3,(H,9,11);1-2H3. The number of hydrogen-bond donors (Lipinski definition) is 2. The monoisotopic (exact) mass is 414 g/mol. The van der Waals surface area contributed by atoms with Crippen LogP contribution in [0.4, 0.5) is 11.5 Å². The van der Waals surface area contributed by atoms with E-state index in [2.05, 4.69) is 58.3 Å². The van der Waals surface area contributed by atoms with Crippen LogP contribution in [0.25, 0.3) is 10.8 Å². The summed E-state index contributed by atoms with van der Waals surface area (Å²) >= 11 is 0. The first-order chi connectivity index (χ1) is 15.2. The molecule has 0 saturated heterocycles. The maximum Gasteiger partial charge on any atom is 0.138 e. The Labute approximate surface area is 184 Å². The molecule has 3 aromatic carbocycles. The van der Waals surface area contributed by atoms with Crippen LogP contribution in [0, 0.1) is 18.8 Å². The van der Waals surface area contributed by atoms with Crippen molar-refractivity contribution in [3.8, 4) is 0 Å². The third-order valence-corrected chi connectivity index (χ3v) is 4.42. The zero-order valence-electron chi connectivity index (χ0n) is 18.6. The van der Waals surface area contributed by atoms with E-state index in [4.69, 9.17) is 0 Å². The summed E-state index contributed by atoms with van der Waals surface area (Å²) in [5.74, 6) is 0.902. The first-order valence-electron chi connectivity index (χ1n) is 10.4. The Morgan fingerprint density at radius 1 is 0.839 bits per heavy atom. The molecule has 0 spiro atoms. The number of aromatic nitrogens is 1. The van der Waals surface area contributed by atoms with Gasteiger partial charge in [0.15, 0.2) is 0 Å². The smallest absolute Gasteiger partial charge is 0.138 e. The van der Waals surface area contributed by atoms with Gasteiger partial charge in [-0.1, -0.05) is 80.1 Å². The van der Waals surface area contributed by atoms with Crippen molar-refractivity contribution < 1.29 is 0 Å². The predicted octanol–water partition coefficient (Wildman–Crippen LogP) is 7.08. The average Bonchev–Trinajstić information content (AvgIpc) is 2.81. The molecule has 4 aromatic rings. The average molecular weight is 415 g/mol. The van der Waals surface area contributed by atoms with Crippen LogP contribution in [-0.4, -0.2) is 4.98 Å². The molecule has 0 aliphatic rings. The number of aryl methyl sites for hydroxylation is 2. The summed E-state index contributed by atoms with van der Waals surface area (Å²) in [5.41, 5.74) is 6.94. The van der Waals surface area contributed by atoms with E-state index in [1.54, 1.807) is 0 Å². The summed E-state index contributed by atoms with van der Waals surface area (Å²) in [6.45, 7) is 8.61. The second-order valence-electron chi connectivity index (χ2n) is 6.79. The molecule has 160 valence electrons. The van der Waals surface area contributed by atoms with Crippen LogP contribution in [-0.2, 0) is 6.54 Å². The van der Waals surface area contributed by atoms with Crippen LogP contribution >= 0.6 is 0 Å². The number of fused-ring (bicyclic) bond motifs is 1. The number of nitrogens with zero attached hydrogens (tertiary/aromatic N) is 2. The minimum Gasteiger partial charge on any atom is -0.340 e. The molecule has 31 heavy (non-hydrogen) atoms. The number of nitrogens with one attached hydrogen (secondary N) is 2. The summed E-state index contributed by atoms with van der Waals surface area (Å²) in [7, 11) is 0. The molecule has 1 aromatic heterocycles. The molecule has 5 heteroatoms. The van der Waals surface area contributed by atoms with E-state index in [0.717, 1.165) is 22.5 Å². The molecule has 0 saturated carbocycles. The van der Waals surface area contributed by atoms with Crippen molar-refractivity contribution in [1.29, 1.82) is 0 Å². The molecule has 2 N–H and O–H groups in total. The zero-order chi connectivity index (χ0) is 22.5. The summed E-state index contributed by atoms with van der Waals surface area (Å²) < 4.78 is 0. The number of hydrogen-bond acceptors (Lipinski definition) is 4. The predicted molar refractivity (Wildman–Crippen MR) is 131 cm³/mol. The molecule has 1 heterocycles. The lowest BCUT2D eigenvalue weighted by Gasteiger charge is -2.09. The van der Waals surface area contributed by atoms with Crippen LogP contribution < -0.4 is 10.7 Å². The molecule has 5 nitrogen and oxygen atoms in total. The molecule has 0 bridgehead atoms. The Balaban J connectivity index is 0.000000226. The third kappa shape index (κ3) is 7.55. The van der Waals surface area contributed by atoms with Gasteiger partial charge in [-0.05, 0) is 48.6 Å². The Kier molecular flexibility index (Phi) is 9.69. The normalized spacial score (nSPS) is 9.55. The van der Waals surface area contributed by atoms with Crippen LogP contribution in [0.2, 0.25) is 0 Å². The molecule has 0 radical (unpaired) electrons. The van der Waals surface area contributed by atoms with E-state index in [1.165, 1.54) is 16.5 Å². The summed E-state index contributed by atoms with van der Waals surface area (Å²) in [5, 5.41) is 8.27. The van der Waals surface area contributed by atoms with E-state index in [-0.39, 0.29) is 0 Å². The Morgan fingerprint density at radius 3 is 2.29 bits per heavy atom. The molecule has 4 rings (SSSR count). The van der Waals surface area contributed by atoms with Crippen molar-refractivity contribution in [3.63, 3.8) is 0 Å². The second kappa shape index (κ2) is 12.8. The van der Waals surface area contributed by atoms with Crippen LogP contribution in [0.5, 0.6) is 0 Å². The van der Waals surface area contributed by atoms with Gasteiger partial charge in [0.1, 0.15) is 5.82 Å². The van der Waals surface area contributed by atoms with Crippen molar-refractivity contribution in [2.75, 3.05) is 5.32 Å². The van der Waals surface area contributed by atoms with E-state index >= 15 is 0 Å². The SMILES string of the molecule is CC.Cc1ccc(CNN=O)cc1.Cc1cccc(Nc2nccc3ccccc23)c1. The van der Waals surface area contributed by atoms with Gasteiger partial charge in [0.05, 0.1) is 6.54 Å². The number of nitroso groups, excluding NO2 is 1. The topological polar surface area (TPSA) is 66.4 Å². The van der Waals surface area contributed by atoms with Crippen molar-refractivity contribution in [1.82, 2.24) is 10.4 Å². The first-order valence-corrected chi connectivity index (χ1v) is 10.4. The first kappa shape index (κ1) is 23.5. The Morgan fingerprint density at radius 2 is 1.58 bits per heavy atom. The maximum atomic E-state index is 9.68. The highest BCUT2D eigenvalue weighted by atomic mass is 16.3. The molecule has 0 amide bonds. The van der Waals surface area contributed by atoms with E-state index < -0.39 is 0 Å². The third-order valence-electron chi connectivity index (χ3n) is 4.42. The number of rotatable bonds is 5. The van der Waals surface area contributed by atoms with Crippen molar-refractivity contribution >= 4 is 22.3 Å². The Bertz CT molecular complexity index is 1070. The molecular formula is C26H30N4O. The van der Waals surface area contributed by atoms with Gasteiger partial charge in [0.25, 0.3) is 0 Å². The number of pyridine rings is 1. The van der Waals surface area contributed by atoms with Crippen molar-refractivity contribution in [2.45, 2.75) is 34.2 Å². The van der Waals surface area contributed by atoms with Gasteiger partial charge in [0.2, 0.25) is 0 Å². The Hall–Kier alpha value is -3.73. The van der Waals surface area contributed by atoms with Gasteiger partial charge >= 0.3 is 0 Å². The van der Waals surface area contributed by atoms with E-state index in [9.17, 15) is 4.91 Å². The second-order valence-corrected chi connectivity index (χ2v) is 6.79.